The van der Waals surface area contributed by atoms with Crippen molar-refractivity contribution in [2.24, 2.45) is 0 Å². The van der Waals surface area contributed by atoms with Crippen molar-refractivity contribution in [3.05, 3.63) is 59.1 Å². The van der Waals surface area contributed by atoms with Crippen molar-refractivity contribution in [2.75, 3.05) is 18.4 Å². The fourth-order valence-corrected chi connectivity index (χ4v) is 4.82. The second-order valence-electron chi connectivity index (χ2n) is 7.83. The van der Waals surface area contributed by atoms with E-state index in [0.717, 1.165) is 35.7 Å². The van der Waals surface area contributed by atoms with Crippen LogP contribution in [0.4, 0.5) is 5.69 Å². The minimum atomic E-state index is -0.189. The Morgan fingerprint density at radius 1 is 1.17 bits per heavy atom. The quantitative estimate of drug-likeness (QED) is 0.682. The number of hydrogen-bond donors (Lipinski definition) is 1. The van der Waals surface area contributed by atoms with Crippen LogP contribution >= 0.6 is 11.3 Å². The summed E-state index contributed by atoms with van der Waals surface area (Å²) < 4.78 is 6.98. The predicted octanol–water partition coefficient (Wildman–Crippen LogP) is 4.32. The molecule has 152 valence electrons. The van der Waals surface area contributed by atoms with Gasteiger partial charge >= 0.3 is 0 Å². The number of morpholine rings is 1. The van der Waals surface area contributed by atoms with Gasteiger partial charge in [-0.1, -0.05) is 24.3 Å². The third-order valence-electron chi connectivity index (χ3n) is 5.29. The molecule has 0 spiro atoms. The number of amides is 1. The molecule has 1 N–H and O–H groups in total. The second kappa shape index (κ2) is 8.61. The average Bonchev–Trinajstić information content (AvgIpc) is 3.10. The van der Waals surface area contributed by atoms with Crippen LogP contribution < -0.4 is 5.32 Å². The van der Waals surface area contributed by atoms with Gasteiger partial charge in [0.1, 0.15) is 0 Å². The van der Waals surface area contributed by atoms with Gasteiger partial charge < -0.3 is 10.1 Å². The van der Waals surface area contributed by atoms with Crippen LogP contribution in [-0.4, -0.2) is 47.1 Å². The molecule has 1 aliphatic heterocycles. The first-order valence-electron chi connectivity index (χ1n) is 10.1. The molecular formula is C23H27N3O2S. The first-order chi connectivity index (χ1) is 14.0. The van der Waals surface area contributed by atoms with E-state index in [-0.39, 0.29) is 24.2 Å². The molecule has 0 aliphatic carbocycles. The summed E-state index contributed by atoms with van der Waals surface area (Å²) in [5.41, 5.74) is 3.06. The highest BCUT2D eigenvalue weighted by Crippen LogP contribution is 2.24. The van der Waals surface area contributed by atoms with Crippen LogP contribution in [0.1, 0.15) is 31.3 Å². The SMILES string of the molecule is C[C@H]1CN([C@@H](C)C(=O)Nc2ccc(Cc3nc4ccccc4s3)cc2)C[C@H](C)O1. The summed E-state index contributed by atoms with van der Waals surface area (Å²) in [6.45, 7) is 7.62. The Morgan fingerprint density at radius 2 is 1.86 bits per heavy atom. The number of anilines is 1. The van der Waals surface area contributed by atoms with Gasteiger partial charge in [-0.2, -0.15) is 0 Å². The molecule has 1 aliphatic rings. The van der Waals surface area contributed by atoms with Crippen molar-refractivity contribution in [1.29, 1.82) is 0 Å². The molecule has 0 unspecified atom stereocenters. The molecule has 2 heterocycles. The van der Waals surface area contributed by atoms with E-state index in [1.165, 1.54) is 10.3 Å². The summed E-state index contributed by atoms with van der Waals surface area (Å²) in [4.78, 5) is 19.6. The van der Waals surface area contributed by atoms with E-state index in [1.54, 1.807) is 11.3 Å². The summed E-state index contributed by atoms with van der Waals surface area (Å²) >= 11 is 1.73. The maximum atomic E-state index is 12.7. The van der Waals surface area contributed by atoms with Gasteiger partial charge in [-0.05, 0) is 50.6 Å². The number of carbonyl (C=O) groups excluding carboxylic acids is 1. The summed E-state index contributed by atoms with van der Waals surface area (Å²) in [6, 6.07) is 16.1. The number of nitrogens with one attached hydrogen (secondary N) is 1. The lowest BCUT2D eigenvalue weighted by Gasteiger charge is -2.38. The minimum Gasteiger partial charge on any atom is -0.373 e. The molecule has 1 aromatic heterocycles. The Labute approximate surface area is 175 Å². The Kier molecular flexibility index (Phi) is 5.94. The lowest BCUT2D eigenvalue weighted by Crippen LogP contribution is -2.52. The van der Waals surface area contributed by atoms with Crippen molar-refractivity contribution < 1.29 is 9.53 Å². The third kappa shape index (κ3) is 4.83. The smallest absolute Gasteiger partial charge is 0.241 e. The van der Waals surface area contributed by atoms with Crippen molar-refractivity contribution >= 4 is 33.1 Å². The Morgan fingerprint density at radius 3 is 2.55 bits per heavy atom. The van der Waals surface area contributed by atoms with Gasteiger partial charge in [0.25, 0.3) is 0 Å². The number of rotatable bonds is 5. The molecule has 4 rings (SSSR count). The van der Waals surface area contributed by atoms with Crippen molar-refractivity contribution in [1.82, 2.24) is 9.88 Å². The minimum absolute atomic E-state index is 0.0187. The topological polar surface area (TPSA) is 54.5 Å². The zero-order chi connectivity index (χ0) is 20.4. The lowest BCUT2D eigenvalue weighted by atomic mass is 10.1. The van der Waals surface area contributed by atoms with Crippen LogP contribution in [0.2, 0.25) is 0 Å². The highest BCUT2D eigenvalue weighted by Gasteiger charge is 2.29. The number of fused-ring (bicyclic) bond motifs is 1. The van der Waals surface area contributed by atoms with E-state index < -0.39 is 0 Å². The number of benzene rings is 2. The summed E-state index contributed by atoms with van der Waals surface area (Å²) in [7, 11) is 0. The summed E-state index contributed by atoms with van der Waals surface area (Å²) in [5.74, 6) is 0.0187. The Bertz CT molecular complexity index is 942. The van der Waals surface area contributed by atoms with Gasteiger partial charge in [0.15, 0.2) is 0 Å². The van der Waals surface area contributed by atoms with Gasteiger partial charge in [-0.25, -0.2) is 4.98 Å². The molecule has 5 nitrogen and oxygen atoms in total. The van der Waals surface area contributed by atoms with E-state index in [2.05, 4.69) is 42.3 Å². The molecule has 3 aromatic rings. The molecule has 6 heteroatoms. The van der Waals surface area contributed by atoms with E-state index in [0.29, 0.717) is 0 Å². The Balaban J connectivity index is 1.36. The molecule has 1 fully saturated rings. The van der Waals surface area contributed by atoms with Gasteiger partial charge in [0.05, 0.1) is 33.5 Å². The zero-order valence-corrected chi connectivity index (χ0v) is 17.9. The number of nitrogens with zero attached hydrogens (tertiary/aromatic N) is 2. The number of aromatic nitrogens is 1. The lowest BCUT2D eigenvalue weighted by molar-refractivity contribution is -0.126. The second-order valence-corrected chi connectivity index (χ2v) is 8.94. The summed E-state index contributed by atoms with van der Waals surface area (Å²) in [6.07, 6.45) is 1.10. The zero-order valence-electron chi connectivity index (χ0n) is 17.1. The molecular weight excluding hydrogens is 382 g/mol. The summed E-state index contributed by atoms with van der Waals surface area (Å²) in [5, 5.41) is 4.15. The fourth-order valence-electron chi connectivity index (χ4n) is 3.82. The standard InChI is InChI=1S/C23H27N3O2S/c1-15-13-26(14-16(2)28-15)17(3)23(27)24-19-10-8-18(9-11-19)12-22-25-20-6-4-5-7-21(20)29-22/h4-11,15-17H,12-14H2,1-3H3,(H,24,27)/t15-,16-,17-/m0/s1. The van der Waals surface area contributed by atoms with Gasteiger partial charge in [-0.3, -0.25) is 9.69 Å². The first-order valence-corrected chi connectivity index (χ1v) is 10.9. The number of thiazole rings is 1. The van der Waals surface area contributed by atoms with Crippen molar-refractivity contribution in [2.45, 2.75) is 45.4 Å². The Hall–Kier alpha value is -2.28. The largest absolute Gasteiger partial charge is 0.373 e. The van der Waals surface area contributed by atoms with E-state index in [1.807, 2.05) is 37.3 Å². The average molecular weight is 410 g/mol. The highest BCUT2D eigenvalue weighted by atomic mass is 32.1. The van der Waals surface area contributed by atoms with Gasteiger partial charge in [-0.15, -0.1) is 11.3 Å². The van der Waals surface area contributed by atoms with Crippen LogP contribution in [0.15, 0.2) is 48.5 Å². The third-order valence-corrected chi connectivity index (χ3v) is 6.33. The fraction of sp³-hybridized carbons (Fsp3) is 0.391. The molecule has 1 amide bonds. The number of para-hydroxylation sites is 1. The number of ether oxygens (including phenoxy) is 1. The van der Waals surface area contributed by atoms with Crippen LogP contribution in [0.3, 0.4) is 0 Å². The van der Waals surface area contributed by atoms with Gasteiger partial charge in [0.2, 0.25) is 5.91 Å². The van der Waals surface area contributed by atoms with E-state index in [4.69, 9.17) is 9.72 Å². The van der Waals surface area contributed by atoms with Crippen LogP contribution in [0.25, 0.3) is 10.2 Å². The van der Waals surface area contributed by atoms with E-state index in [9.17, 15) is 4.79 Å². The predicted molar refractivity (Wildman–Crippen MR) is 119 cm³/mol. The maximum Gasteiger partial charge on any atom is 0.241 e. The van der Waals surface area contributed by atoms with Crippen LogP contribution in [0, 0.1) is 0 Å². The van der Waals surface area contributed by atoms with Gasteiger partial charge in [0, 0.05) is 25.2 Å². The maximum absolute atomic E-state index is 12.7. The van der Waals surface area contributed by atoms with Crippen molar-refractivity contribution in [3.8, 4) is 0 Å². The highest BCUT2D eigenvalue weighted by molar-refractivity contribution is 7.18. The first kappa shape index (κ1) is 20.0. The number of hydrogen-bond acceptors (Lipinski definition) is 5. The van der Waals surface area contributed by atoms with Crippen LogP contribution in [-0.2, 0) is 16.0 Å². The molecule has 0 bridgehead atoms. The van der Waals surface area contributed by atoms with E-state index >= 15 is 0 Å². The molecule has 1 saturated heterocycles. The van der Waals surface area contributed by atoms with Crippen molar-refractivity contribution in [3.63, 3.8) is 0 Å². The molecule has 3 atom stereocenters. The normalized spacial score (nSPS) is 21.2. The van der Waals surface area contributed by atoms with Crippen LogP contribution in [0.5, 0.6) is 0 Å². The molecule has 0 saturated carbocycles. The monoisotopic (exact) mass is 409 g/mol. The molecule has 2 aromatic carbocycles. The number of carbonyl (C=O) groups is 1. The molecule has 29 heavy (non-hydrogen) atoms. The molecule has 0 radical (unpaired) electrons.